The van der Waals surface area contributed by atoms with Crippen molar-refractivity contribution in [2.24, 2.45) is 0 Å². The standard InChI is InChI=1S/C26H30F2N6O3/c1-16-4-5-19(31-24(36)18-6-7-29-22(12-18)26(3,27)28)13-20(16)21-14-23(30-15-17(2)35)33-25(32-21)34-8-10-37-11-9-34/h4-7,12-14,17,35H,8-11,15H2,1-3H3,(H,31,36)(H,30,32,33). The van der Waals surface area contributed by atoms with E-state index in [-0.39, 0.29) is 5.56 Å². The minimum absolute atomic E-state index is 0.0786. The van der Waals surface area contributed by atoms with E-state index in [1.807, 2.05) is 17.9 Å². The Bertz CT molecular complexity index is 1260. The number of morpholine rings is 1. The first kappa shape index (κ1) is 26.4. The number of pyridine rings is 1. The molecule has 0 saturated carbocycles. The van der Waals surface area contributed by atoms with Gasteiger partial charge in [0.25, 0.3) is 11.8 Å². The zero-order valence-electron chi connectivity index (χ0n) is 21.0. The number of rotatable bonds is 8. The van der Waals surface area contributed by atoms with E-state index in [0.717, 1.165) is 24.1 Å². The van der Waals surface area contributed by atoms with Gasteiger partial charge in [-0.1, -0.05) is 6.07 Å². The predicted molar refractivity (Wildman–Crippen MR) is 137 cm³/mol. The van der Waals surface area contributed by atoms with Gasteiger partial charge in [0, 0.05) is 55.6 Å². The lowest BCUT2D eigenvalue weighted by molar-refractivity contribution is 0.0127. The van der Waals surface area contributed by atoms with Gasteiger partial charge in [0.05, 0.1) is 25.0 Å². The number of halogens is 2. The van der Waals surface area contributed by atoms with Crippen molar-refractivity contribution in [3.8, 4) is 11.3 Å². The second-order valence-corrected chi connectivity index (χ2v) is 9.07. The Labute approximate surface area is 213 Å². The average Bonchev–Trinajstić information content (AvgIpc) is 2.88. The van der Waals surface area contributed by atoms with Crippen molar-refractivity contribution in [2.45, 2.75) is 32.8 Å². The Balaban J connectivity index is 1.64. The number of anilines is 3. The highest BCUT2D eigenvalue weighted by Gasteiger charge is 2.27. The minimum atomic E-state index is -3.15. The Hall–Kier alpha value is -3.70. The summed E-state index contributed by atoms with van der Waals surface area (Å²) in [6, 6.07) is 9.64. The van der Waals surface area contributed by atoms with Gasteiger partial charge in [0.1, 0.15) is 11.5 Å². The number of aromatic nitrogens is 3. The van der Waals surface area contributed by atoms with E-state index < -0.39 is 23.6 Å². The first-order valence-corrected chi connectivity index (χ1v) is 12.0. The normalized spacial score (nSPS) is 14.8. The summed E-state index contributed by atoms with van der Waals surface area (Å²) in [5.74, 6) is -2.59. The molecule has 1 aromatic carbocycles. The summed E-state index contributed by atoms with van der Waals surface area (Å²) in [6.45, 7) is 7.12. The van der Waals surface area contributed by atoms with Crippen LogP contribution in [0.1, 0.15) is 35.5 Å². The van der Waals surface area contributed by atoms with Gasteiger partial charge < -0.3 is 25.4 Å². The summed E-state index contributed by atoms with van der Waals surface area (Å²) in [4.78, 5) is 27.9. The van der Waals surface area contributed by atoms with Crippen LogP contribution >= 0.6 is 0 Å². The molecule has 4 rings (SSSR count). The molecule has 0 aliphatic carbocycles. The molecule has 1 aliphatic rings. The number of hydrogen-bond acceptors (Lipinski definition) is 8. The fourth-order valence-electron chi connectivity index (χ4n) is 3.81. The highest BCUT2D eigenvalue weighted by molar-refractivity contribution is 6.04. The van der Waals surface area contributed by atoms with Crippen molar-refractivity contribution < 1.29 is 23.4 Å². The van der Waals surface area contributed by atoms with Crippen LogP contribution in [-0.2, 0) is 10.7 Å². The number of ether oxygens (including phenoxy) is 1. The van der Waals surface area contributed by atoms with Crippen LogP contribution in [0, 0.1) is 6.92 Å². The molecule has 3 aromatic rings. The summed E-state index contributed by atoms with van der Waals surface area (Å²) in [5, 5.41) is 15.6. The quantitative estimate of drug-likeness (QED) is 0.417. The Kier molecular flexibility index (Phi) is 7.94. The van der Waals surface area contributed by atoms with E-state index in [1.54, 1.807) is 25.1 Å². The zero-order chi connectivity index (χ0) is 26.6. The van der Waals surface area contributed by atoms with Gasteiger partial charge >= 0.3 is 0 Å². The highest BCUT2D eigenvalue weighted by atomic mass is 19.3. The highest BCUT2D eigenvalue weighted by Crippen LogP contribution is 2.30. The fraction of sp³-hybridized carbons (Fsp3) is 0.385. The summed E-state index contributed by atoms with van der Waals surface area (Å²) in [7, 11) is 0. The number of hydrogen-bond donors (Lipinski definition) is 3. The maximum atomic E-state index is 13.7. The number of nitrogens with one attached hydrogen (secondary N) is 2. The van der Waals surface area contributed by atoms with Gasteiger partial charge in [0.2, 0.25) is 5.95 Å². The molecule has 0 spiro atoms. The molecular formula is C26H30F2N6O3. The Morgan fingerprint density at radius 2 is 1.95 bits per heavy atom. The SMILES string of the molecule is Cc1ccc(NC(=O)c2ccnc(C(C)(F)F)c2)cc1-c1cc(NCC(C)O)nc(N2CCOCC2)n1. The van der Waals surface area contributed by atoms with E-state index in [9.17, 15) is 18.7 Å². The van der Waals surface area contributed by atoms with Crippen LogP contribution in [0.2, 0.25) is 0 Å². The molecule has 196 valence electrons. The Morgan fingerprint density at radius 1 is 1.19 bits per heavy atom. The summed E-state index contributed by atoms with van der Waals surface area (Å²) in [6.07, 6.45) is 0.629. The summed E-state index contributed by atoms with van der Waals surface area (Å²) >= 11 is 0. The van der Waals surface area contributed by atoms with Crippen molar-refractivity contribution in [3.05, 3.63) is 59.4 Å². The van der Waals surface area contributed by atoms with Gasteiger partial charge in [-0.05, 0) is 43.7 Å². The maximum absolute atomic E-state index is 13.7. The monoisotopic (exact) mass is 512 g/mol. The van der Waals surface area contributed by atoms with Crippen LogP contribution in [0.4, 0.5) is 26.2 Å². The van der Waals surface area contributed by atoms with Gasteiger partial charge in [-0.25, -0.2) is 4.98 Å². The van der Waals surface area contributed by atoms with Gasteiger partial charge in [0.15, 0.2) is 0 Å². The van der Waals surface area contributed by atoms with Crippen LogP contribution in [0.3, 0.4) is 0 Å². The molecule has 1 fully saturated rings. The molecule has 1 unspecified atom stereocenters. The van der Waals surface area contributed by atoms with Crippen LogP contribution in [0.5, 0.6) is 0 Å². The third-order valence-electron chi connectivity index (χ3n) is 5.83. The van der Waals surface area contributed by atoms with Crippen molar-refractivity contribution in [3.63, 3.8) is 0 Å². The van der Waals surface area contributed by atoms with Crippen LogP contribution in [-0.4, -0.2) is 64.9 Å². The summed E-state index contributed by atoms with van der Waals surface area (Å²) < 4.78 is 32.8. The molecule has 1 aliphatic heterocycles. The van der Waals surface area contributed by atoms with Crippen LogP contribution < -0.4 is 15.5 Å². The first-order valence-electron chi connectivity index (χ1n) is 12.0. The average molecular weight is 513 g/mol. The first-order chi connectivity index (χ1) is 17.6. The molecule has 1 amide bonds. The third-order valence-corrected chi connectivity index (χ3v) is 5.83. The maximum Gasteiger partial charge on any atom is 0.286 e. The molecule has 1 atom stereocenters. The van der Waals surface area contributed by atoms with E-state index >= 15 is 0 Å². The molecule has 1 saturated heterocycles. The van der Waals surface area contributed by atoms with E-state index in [2.05, 4.69) is 20.6 Å². The van der Waals surface area contributed by atoms with Crippen molar-refractivity contribution in [1.29, 1.82) is 0 Å². The predicted octanol–water partition coefficient (Wildman–Crippen LogP) is 3.84. The molecule has 0 radical (unpaired) electrons. The topological polar surface area (TPSA) is 112 Å². The molecule has 2 aromatic heterocycles. The number of carbonyl (C=O) groups is 1. The number of amides is 1. The third kappa shape index (κ3) is 6.75. The number of carbonyl (C=O) groups excluding carboxylic acids is 1. The number of aryl methyl sites for hydroxylation is 1. The number of aliphatic hydroxyl groups is 1. The molecule has 3 heterocycles. The van der Waals surface area contributed by atoms with Crippen molar-refractivity contribution >= 4 is 23.4 Å². The molecule has 37 heavy (non-hydrogen) atoms. The van der Waals surface area contributed by atoms with E-state index in [0.29, 0.717) is 56.0 Å². The van der Waals surface area contributed by atoms with Gasteiger partial charge in [-0.3, -0.25) is 9.78 Å². The second-order valence-electron chi connectivity index (χ2n) is 9.07. The van der Waals surface area contributed by atoms with Gasteiger partial charge in [-0.15, -0.1) is 0 Å². The van der Waals surface area contributed by atoms with Crippen LogP contribution in [0.25, 0.3) is 11.3 Å². The smallest absolute Gasteiger partial charge is 0.286 e. The molecule has 11 heteroatoms. The molecular weight excluding hydrogens is 482 g/mol. The molecule has 9 nitrogen and oxygen atoms in total. The lowest BCUT2D eigenvalue weighted by atomic mass is 10.0. The number of nitrogens with zero attached hydrogens (tertiary/aromatic N) is 4. The lowest BCUT2D eigenvalue weighted by Gasteiger charge is -2.27. The minimum Gasteiger partial charge on any atom is -0.392 e. The van der Waals surface area contributed by atoms with Crippen molar-refractivity contribution in [2.75, 3.05) is 48.4 Å². The zero-order valence-corrected chi connectivity index (χ0v) is 21.0. The fourth-order valence-corrected chi connectivity index (χ4v) is 3.81. The largest absolute Gasteiger partial charge is 0.392 e. The van der Waals surface area contributed by atoms with E-state index in [1.165, 1.54) is 12.3 Å². The second kappa shape index (κ2) is 11.1. The van der Waals surface area contributed by atoms with Crippen LogP contribution in [0.15, 0.2) is 42.6 Å². The Morgan fingerprint density at radius 3 is 2.65 bits per heavy atom. The van der Waals surface area contributed by atoms with Crippen molar-refractivity contribution in [1.82, 2.24) is 15.0 Å². The molecule has 3 N–H and O–H groups in total. The number of alkyl halides is 2. The lowest BCUT2D eigenvalue weighted by Crippen LogP contribution is -2.37. The van der Waals surface area contributed by atoms with E-state index in [4.69, 9.17) is 9.72 Å². The number of aliphatic hydroxyl groups excluding tert-OH is 1. The molecule has 0 bridgehead atoms. The summed E-state index contributed by atoms with van der Waals surface area (Å²) in [5.41, 5.74) is 2.41. The van der Waals surface area contributed by atoms with Gasteiger partial charge in [-0.2, -0.15) is 13.8 Å². The number of benzene rings is 1.